The van der Waals surface area contributed by atoms with E-state index in [2.05, 4.69) is 0 Å². The Labute approximate surface area is 247 Å². The topological polar surface area (TPSA) is 71.1 Å². The van der Waals surface area contributed by atoms with Crippen molar-refractivity contribution < 1.29 is 28.5 Å². The maximum Gasteiger partial charge on any atom is 0.186 e. The summed E-state index contributed by atoms with van der Waals surface area (Å²) >= 11 is 13.5. The predicted octanol–water partition coefficient (Wildman–Crippen LogP) is 6.52. The molecule has 0 bridgehead atoms. The molecule has 36 heavy (non-hydrogen) atoms. The van der Waals surface area contributed by atoms with Crippen LogP contribution in [0.3, 0.4) is 0 Å². The van der Waals surface area contributed by atoms with Gasteiger partial charge in [0, 0.05) is 46.7 Å². The van der Waals surface area contributed by atoms with Crippen LogP contribution in [0.15, 0.2) is 26.8 Å². The van der Waals surface area contributed by atoms with E-state index in [-0.39, 0.29) is 10.2 Å². The molecule has 0 saturated heterocycles. The van der Waals surface area contributed by atoms with E-state index in [0.717, 1.165) is 11.5 Å². The summed E-state index contributed by atoms with van der Waals surface area (Å²) in [5, 5.41) is 0.223. The number of carbonyl (C=O) groups excluding carboxylic acids is 2. The summed E-state index contributed by atoms with van der Waals surface area (Å²) in [4.78, 5) is 25.5. The van der Waals surface area contributed by atoms with Crippen LogP contribution in [-0.2, 0) is 28.5 Å². The van der Waals surface area contributed by atoms with Crippen molar-refractivity contribution in [3.05, 3.63) is 26.8 Å². The second kappa shape index (κ2) is 18.5. The first-order valence-electron chi connectivity index (χ1n) is 11.3. The predicted molar refractivity (Wildman–Crippen MR) is 166 cm³/mol. The molecule has 0 fully saturated rings. The van der Waals surface area contributed by atoms with Crippen molar-refractivity contribution in [1.82, 2.24) is 0 Å². The van der Waals surface area contributed by atoms with Crippen molar-refractivity contribution >= 4 is 104 Å². The lowest BCUT2D eigenvalue weighted by atomic mass is 10.5. The average Bonchev–Trinajstić information content (AvgIpc) is 3.44. The summed E-state index contributed by atoms with van der Waals surface area (Å²) in [7, 11) is 0. The van der Waals surface area contributed by atoms with Crippen LogP contribution in [0.2, 0.25) is 0 Å². The highest BCUT2D eigenvalue weighted by Crippen LogP contribution is 2.64. The average molecular weight is 647 g/mol. The van der Waals surface area contributed by atoms with E-state index in [9.17, 15) is 9.59 Å². The SMILES string of the molecule is CC(=O)SCC1=C(CSC(C)=O)SC(=C2SC3=C(SCCOCCOCCOCCOCCS3)S2)S1. The quantitative estimate of drug-likeness (QED) is 0.333. The fourth-order valence-corrected chi connectivity index (χ4v) is 13.0. The second-order valence-electron chi connectivity index (χ2n) is 7.11. The smallest absolute Gasteiger partial charge is 0.186 e. The van der Waals surface area contributed by atoms with Gasteiger partial charge in [0.05, 0.1) is 69.8 Å². The highest BCUT2D eigenvalue weighted by Gasteiger charge is 2.30. The van der Waals surface area contributed by atoms with Gasteiger partial charge < -0.3 is 18.9 Å². The third-order valence-corrected chi connectivity index (χ3v) is 15.0. The Morgan fingerprint density at radius 2 is 0.944 bits per heavy atom. The molecule has 0 aromatic rings. The lowest BCUT2D eigenvalue weighted by Crippen LogP contribution is -2.13. The first-order valence-corrected chi connectivity index (χ1v) is 18.5. The molecular weight excluding hydrogens is 617 g/mol. The van der Waals surface area contributed by atoms with Crippen LogP contribution >= 0.6 is 94.1 Å². The Hall–Kier alpha value is 1.20. The highest BCUT2D eigenvalue weighted by molar-refractivity contribution is 8.42. The molecule has 0 saturated carbocycles. The van der Waals surface area contributed by atoms with Gasteiger partial charge >= 0.3 is 0 Å². The number of rotatable bonds is 4. The zero-order chi connectivity index (χ0) is 25.6. The van der Waals surface area contributed by atoms with Crippen molar-refractivity contribution in [1.29, 1.82) is 0 Å². The molecule has 0 atom stereocenters. The maximum atomic E-state index is 11.6. The molecule has 0 radical (unpaired) electrons. The van der Waals surface area contributed by atoms with Gasteiger partial charge in [0.15, 0.2) is 10.2 Å². The zero-order valence-electron chi connectivity index (χ0n) is 20.2. The first-order chi connectivity index (χ1) is 17.5. The van der Waals surface area contributed by atoms with E-state index < -0.39 is 0 Å². The summed E-state index contributed by atoms with van der Waals surface area (Å²) in [5.74, 6) is 3.08. The normalized spacial score (nSPS) is 21.9. The Morgan fingerprint density at radius 1 is 0.583 bits per heavy atom. The summed E-state index contributed by atoms with van der Waals surface area (Å²) in [6, 6.07) is 0. The van der Waals surface area contributed by atoms with Crippen molar-refractivity contribution in [3.8, 4) is 0 Å². The Kier molecular flexibility index (Phi) is 16.3. The van der Waals surface area contributed by atoms with Crippen molar-refractivity contribution in [3.63, 3.8) is 0 Å². The summed E-state index contributed by atoms with van der Waals surface area (Å²) in [5.41, 5.74) is 0. The van der Waals surface area contributed by atoms with E-state index >= 15 is 0 Å². The molecule has 3 heterocycles. The molecule has 202 valence electrons. The molecule has 0 unspecified atom stereocenters. The van der Waals surface area contributed by atoms with Gasteiger partial charge in [-0.05, 0) is 0 Å². The van der Waals surface area contributed by atoms with E-state index in [4.69, 9.17) is 18.9 Å². The van der Waals surface area contributed by atoms with Crippen LogP contribution in [0.5, 0.6) is 0 Å². The van der Waals surface area contributed by atoms with Gasteiger partial charge in [0.2, 0.25) is 0 Å². The second-order valence-corrected chi connectivity index (χ2v) is 16.9. The maximum absolute atomic E-state index is 11.6. The van der Waals surface area contributed by atoms with Gasteiger partial charge in [0.25, 0.3) is 0 Å². The van der Waals surface area contributed by atoms with Crippen LogP contribution in [0, 0.1) is 0 Å². The molecule has 0 N–H and O–H groups in total. The largest absolute Gasteiger partial charge is 0.378 e. The molecule has 0 amide bonds. The lowest BCUT2D eigenvalue weighted by Gasteiger charge is -2.09. The Bertz CT molecular complexity index is 795. The van der Waals surface area contributed by atoms with Crippen LogP contribution in [0.25, 0.3) is 0 Å². The molecule has 14 heteroatoms. The minimum Gasteiger partial charge on any atom is -0.378 e. The van der Waals surface area contributed by atoms with E-state index in [1.165, 1.54) is 50.3 Å². The minimum atomic E-state index is 0.112. The van der Waals surface area contributed by atoms with Crippen LogP contribution < -0.4 is 0 Å². The first kappa shape index (κ1) is 31.7. The molecule has 0 aliphatic carbocycles. The number of ether oxygens (including phenoxy) is 4. The summed E-state index contributed by atoms with van der Waals surface area (Å²) < 4.78 is 27.7. The number of thioether (sulfide) groups is 8. The van der Waals surface area contributed by atoms with Gasteiger partial charge in [-0.2, -0.15) is 0 Å². The monoisotopic (exact) mass is 646 g/mol. The summed E-state index contributed by atoms with van der Waals surface area (Å²) in [6.45, 7) is 8.02. The number of hydrogen-bond donors (Lipinski definition) is 0. The van der Waals surface area contributed by atoms with Crippen LogP contribution in [0.4, 0.5) is 0 Å². The summed E-state index contributed by atoms with van der Waals surface area (Å²) in [6.07, 6.45) is 0. The fourth-order valence-electron chi connectivity index (χ4n) is 2.68. The molecule has 0 aromatic carbocycles. The van der Waals surface area contributed by atoms with Gasteiger partial charge in [0.1, 0.15) is 0 Å². The Balaban J connectivity index is 1.63. The highest BCUT2D eigenvalue weighted by atomic mass is 32.3. The molecule has 3 aliphatic rings. The standard InChI is InChI=1S/C22H30O6S8/c1-15(23)31-13-17-18(14-32-16(2)24)34-21(33-17)22-35-19-20(36-22)30-12-10-28-8-6-26-4-3-25-5-7-27-9-11-29-19/h3-14H2,1-2H3. The fraction of sp³-hybridized carbons (Fsp3) is 0.636. The van der Waals surface area contributed by atoms with Crippen molar-refractivity contribution in [2.45, 2.75) is 13.8 Å². The van der Waals surface area contributed by atoms with Gasteiger partial charge in [-0.3, -0.25) is 9.59 Å². The molecular formula is C22H30O6S8. The van der Waals surface area contributed by atoms with Crippen LogP contribution in [0.1, 0.15) is 13.8 Å². The number of hydrogen-bond acceptors (Lipinski definition) is 14. The molecule has 6 nitrogen and oxygen atoms in total. The van der Waals surface area contributed by atoms with Crippen LogP contribution in [-0.4, -0.2) is 86.1 Å². The molecule has 3 aliphatic heterocycles. The number of carbonyl (C=O) groups is 2. The van der Waals surface area contributed by atoms with E-state index in [1.807, 2.05) is 47.0 Å². The third-order valence-electron chi connectivity index (χ3n) is 4.30. The van der Waals surface area contributed by atoms with Crippen molar-refractivity contribution in [2.24, 2.45) is 0 Å². The van der Waals surface area contributed by atoms with E-state index in [1.54, 1.807) is 37.4 Å². The molecule has 0 spiro atoms. The lowest BCUT2D eigenvalue weighted by molar-refractivity contribution is -0.109. The third kappa shape index (κ3) is 12.2. The molecule has 3 rings (SSSR count). The Morgan fingerprint density at radius 3 is 1.33 bits per heavy atom. The van der Waals surface area contributed by atoms with Gasteiger partial charge in [-0.25, -0.2) is 0 Å². The van der Waals surface area contributed by atoms with Gasteiger partial charge in [-0.1, -0.05) is 70.6 Å². The minimum absolute atomic E-state index is 0.112. The zero-order valence-corrected chi connectivity index (χ0v) is 26.7. The van der Waals surface area contributed by atoms with E-state index in [0.29, 0.717) is 64.4 Å². The van der Waals surface area contributed by atoms with Gasteiger partial charge in [-0.15, -0.1) is 23.5 Å². The van der Waals surface area contributed by atoms with Crippen molar-refractivity contribution in [2.75, 3.05) is 75.9 Å². The molecule has 0 aromatic heterocycles.